The second-order valence-electron chi connectivity index (χ2n) is 10.3. The van der Waals surface area contributed by atoms with E-state index in [1.165, 1.54) is 0 Å². The van der Waals surface area contributed by atoms with Crippen LogP contribution in [0.3, 0.4) is 0 Å². The van der Waals surface area contributed by atoms with Crippen LogP contribution in [0.15, 0.2) is 30.9 Å². The van der Waals surface area contributed by atoms with Gasteiger partial charge in [0.1, 0.15) is 0 Å². The van der Waals surface area contributed by atoms with Crippen molar-refractivity contribution in [1.29, 1.82) is 0 Å². The van der Waals surface area contributed by atoms with Crippen molar-refractivity contribution >= 4 is 70.3 Å². The molecule has 2 aliphatic rings. The van der Waals surface area contributed by atoms with Crippen molar-refractivity contribution in [3.05, 3.63) is 30.9 Å². The molecule has 0 radical (unpaired) electrons. The van der Waals surface area contributed by atoms with Crippen LogP contribution < -0.4 is 5.46 Å². The predicted octanol–water partition coefficient (Wildman–Crippen LogP) is 5.42. The number of aromatic nitrogens is 4. The van der Waals surface area contributed by atoms with Gasteiger partial charge in [0.15, 0.2) is 0 Å². The molecule has 4 rings (SSSR count). The topological polar surface area (TPSA) is 72.6 Å². The summed E-state index contributed by atoms with van der Waals surface area (Å²) in [6.45, 7) is 18.3. The lowest BCUT2D eigenvalue weighted by molar-refractivity contribution is 0.00578. The maximum atomic E-state index is 5.96. The normalized spacial score (nSPS) is 21.6. The summed E-state index contributed by atoms with van der Waals surface area (Å²) in [5.74, 6) is 0. The molecule has 0 N–H and O–H groups in total. The monoisotopic (exact) mass is 596 g/mol. The molecule has 0 aliphatic carbocycles. The molecule has 2 fully saturated rings. The Hall–Kier alpha value is 0.970. The van der Waals surface area contributed by atoms with Crippen molar-refractivity contribution in [2.24, 2.45) is 0 Å². The Kier molecular flexibility index (Phi) is 11.4. The van der Waals surface area contributed by atoms with Gasteiger partial charge >= 0.3 is 14.2 Å². The fourth-order valence-corrected chi connectivity index (χ4v) is 5.51. The zero-order chi connectivity index (χ0) is 26.8. The number of hydrogen-bond donors (Lipinski definition) is 0. The van der Waals surface area contributed by atoms with Crippen LogP contribution in [0.25, 0.3) is 0 Å². The van der Waals surface area contributed by atoms with E-state index in [9.17, 15) is 0 Å². The minimum absolute atomic E-state index is 0.0648. The first-order valence-corrected chi connectivity index (χ1v) is 20.3. The second kappa shape index (κ2) is 12.4. The van der Waals surface area contributed by atoms with E-state index in [-0.39, 0.29) is 44.1 Å². The van der Waals surface area contributed by atoms with Gasteiger partial charge in [-0.05, 0) is 68.3 Å². The molecule has 16 heteroatoms. The molecule has 0 bridgehead atoms. The minimum atomic E-state index is -0.409. The fourth-order valence-electron chi connectivity index (χ4n) is 3.09. The van der Waals surface area contributed by atoms with Gasteiger partial charge in [0.2, 0.25) is 0 Å². The molecule has 0 amide bonds. The molecule has 4 unspecified atom stereocenters. The van der Waals surface area contributed by atoms with Gasteiger partial charge < -0.3 is 18.6 Å². The van der Waals surface area contributed by atoms with Crippen molar-refractivity contribution < 1.29 is 18.6 Å². The van der Waals surface area contributed by atoms with Gasteiger partial charge in [0, 0.05) is 30.3 Å². The summed E-state index contributed by atoms with van der Waals surface area (Å²) < 4.78 is 26.8. The zero-order valence-corrected chi connectivity index (χ0v) is 28.6. The zero-order valence-electron chi connectivity index (χ0n) is 22.2. The van der Waals surface area contributed by atoms with E-state index >= 15 is 0 Å². The molecule has 2 aromatic rings. The molecule has 8 nitrogen and oxygen atoms in total. The first-order chi connectivity index (χ1) is 15.9. The average molecular weight is 596 g/mol. The second-order valence-corrected chi connectivity index (χ2v) is 22.6. The molecule has 2 aromatic heterocycles. The summed E-state index contributed by atoms with van der Waals surface area (Å²) in [6.07, 6.45) is 7.52. The number of hydrogen-bond acceptors (Lipinski definition) is 6. The van der Waals surface area contributed by atoms with Crippen LogP contribution in [0, 0.1) is 0 Å². The summed E-state index contributed by atoms with van der Waals surface area (Å²) in [5.41, 5.74) is 0.0542. The first-order valence-electron chi connectivity index (χ1n) is 11.2. The lowest BCUT2D eigenvalue weighted by Gasteiger charge is -2.32. The van der Waals surface area contributed by atoms with Crippen molar-refractivity contribution in [1.82, 2.24) is 19.1 Å². The van der Waals surface area contributed by atoms with Gasteiger partial charge in [-0.25, -0.2) is 8.90 Å². The van der Waals surface area contributed by atoms with Gasteiger partial charge in [0.25, 0.3) is 0 Å². The summed E-state index contributed by atoms with van der Waals surface area (Å²) in [6, 6.07) is 1.92. The Balaban J connectivity index is 0.000000204. The van der Waals surface area contributed by atoms with Crippen LogP contribution in [0.2, 0.25) is 6.82 Å². The summed E-state index contributed by atoms with van der Waals surface area (Å²) in [7, 11) is 9.84. The SMILES string of the molecule is CB1OC(C)(C)C(C)(C)O1.CC1(C)OB(c2cnn(P(P)P)c2)OC1(C)C.PP(P)n1cccn1. The van der Waals surface area contributed by atoms with E-state index in [1.807, 2.05) is 40.4 Å². The van der Waals surface area contributed by atoms with Crippen LogP contribution in [0.5, 0.6) is 0 Å². The lowest BCUT2D eigenvalue weighted by Crippen LogP contribution is -2.41. The van der Waals surface area contributed by atoms with Gasteiger partial charge in [-0.3, -0.25) is 0 Å². The summed E-state index contributed by atoms with van der Waals surface area (Å²) in [5, 5.41) is 8.32. The van der Waals surface area contributed by atoms with Crippen LogP contribution in [-0.2, 0) is 18.6 Å². The highest BCUT2D eigenvalue weighted by molar-refractivity contribution is 8.42. The highest BCUT2D eigenvalue weighted by atomic mass is 32.4. The maximum absolute atomic E-state index is 5.96. The Morgan fingerprint density at radius 3 is 1.49 bits per heavy atom. The largest absolute Gasteiger partial charge is 0.498 e. The van der Waals surface area contributed by atoms with Crippen molar-refractivity contribution in [3.63, 3.8) is 0 Å². The molecule has 4 heterocycles. The molecular weight excluding hydrogens is 556 g/mol. The van der Waals surface area contributed by atoms with Crippen molar-refractivity contribution in [2.75, 3.05) is 0 Å². The van der Waals surface area contributed by atoms with Crippen LogP contribution in [0.4, 0.5) is 0 Å². The van der Waals surface area contributed by atoms with Crippen LogP contribution >= 0.6 is 50.6 Å². The summed E-state index contributed by atoms with van der Waals surface area (Å²) >= 11 is 0. The molecule has 0 spiro atoms. The third-order valence-electron chi connectivity index (χ3n) is 6.45. The molecule has 2 aliphatic heterocycles. The standard InChI is InChI=1S/C9H18BN2O2P3.C7H15BO2.C3H7N2P3/c1-8(2)9(3,4)14-10(13-8)7-5-11-12(6-7)17(15)16;1-6(2)7(3,4)10-8(5)9-6;6-8(7)5-3-1-2-4-5/h5-6H,15-16H2,1-4H3;1-5H3;1-3H,6-7H2. The third-order valence-corrected chi connectivity index (χ3v) is 10.7. The van der Waals surface area contributed by atoms with Gasteiger partial charge in [-0.15, -0.1) is 0 Å². The van der Waals surface area contributed by atoms with Crippen molar-refractivity contribution in [3.8, 4) is 0 Å². The minimum Gasteiger partial charge on any atom is -0.403 e. The Morgan fingerprint density at radius 1 is 0.743 bits per heavy atom. The molecule has 4 atom stereocenters. The van der Waals surface area contributed by atoms with Crippen LogP contribution in [0.1, 0.15) is 55.4 Å². The molecule has 0 saturated carbocycles. The van der Waals surface area contributed by atoms with Gasteiger partial charge in [-0.2, -0.15) is 10.2 Å². The highest BCUT2D eigenvalue weighted by Gasteiger charge is 2.52. The van der Waals surface area contributed by atoms with E-state index in [4.69, 9.17) is 18.6 Å². The van der Waals surface area contributed by atoms with Crippen molar-refractivity contribution in [2.45, 2.75) is 84.6 Å². The first kappa shape index (κ1) is 32.2. The van der Waals surface area contributed by atoms with E-state index in [0.29, 0.717) is 0 Å². The van der Waals surface area contributed by atoms with E-state index in [2.05, 4.69) is 101 Å². The highest BCUT2D eigenvalue weighted by Crippen LogP contribution is 2.53. The maximum Gasteiger partial charge on any atom is 0.498 e. The molecule has 0 aromatic carbocycles. The fraction of sp³-hybridized carbons (Fsp3) is 0.684. The molecule has 196 valence electrons. The van der Waals surface area contributed by atoms with Gasteiger partial charge in [0.05, 0.1) is 37.3 Å². The quantitative estimate of drug-likeness (QED) is 0.348. The van der Waals surface area contributed by atoms with E-state index in [1.54, 1.807) is 6.20 Å². The molecular formula is C19H40B2N4O4P6. The Labute approximate surface area is 223 Å². The predicted molar refractivity (Wildman–Crippen MR) is 166 cm³/mol. The Bertz CT molecular complexity index is 912. The smallest absolute Gasteiger partial charge is 0.403 e. The average Bonchev–Trinajstić information content (AvgIpc) is 3.44. The van der Waals surface area contributed by atoms with Crippen LogP contribution in [-0.4, -0.2) is 55.7 Å². The number of nitrogens with zero attached hydrogens (tertiary/aromatic N) is 4. The third kappa shape index (κ3) is 8.48. The Morgan fingerprint density at radius 2 is 1.20 bits per heavy atom. The van der Waals surface area contributed by atoms with Gasteiger partial charge in [-0.1, -0.05) is 35.7 Å². The lowest BCUT2D eigenvalue weighted by atomic mass is 9.82. The molecule has 35 heavy (non-hydrogen) atoms. The molecule has 2 saturated heterocycles. The van der Waals surface area contributed by atoms with E-state index < -0.39 is 7.45 Å². The van der Waals surface area contributed by atoms with E-state index in [0.717, 1.165) is 5.46 Å². The number of rotatable bonds is 3. The summed E-state index contributed by atoms with van der Waals surface area (Å²) in [4.78, 5) is 0.